The fourth-order valence-corrected chi connectivity index (χ4v) is 1.96. The third kappa shape index (κ3) is 4.94. The maximum absolute atomic E-state index is 13.5. The zero-order chi connectivity index (χ0) is 15.9. The average Bonchev–Trinajstić information content (AvgIpc) is 2.50. The molecule has 22 heavy (non-hydrogen) atoms. The molecule has 0 aliphatic rings. The van der Waals surface area contributed by atoms with Crippen LogP contribution in [0.2, 0.25) is 0 Å². The molecule has 0 aromatic heterocycles. The average molecular weight is 334 g/mol. The van der Waals surface area contributed by atoms with Crippen LogP contribution >= 0.6 is 24.4 Å². The molecule has 2 aromatic carbocycles. The summed E-state index contributed by atoms with van der Waals surface area (Å²) in [6, 6.07) is 14.0. The van der Waals surface area contributed by atoms with Gasteiger partial charge in [-0.2, -0.15) is 0 Å². The van der Waals surface area contributed by atoms with Crippen LogP contribution in [0, 0.1) is 12.7 Å². The lowest BCUT2D eigenvalue weighted by atomic mass is 10.2. The minimum Gasteiger partial charge on any atom is -0.331 e. The highest BCUT2D eigenvalue weighted by Gasteiger charge is 2.03. The number of thiocarbonyl (C=S) groups is 2. The number of halogens is 1. The summed E-state index contributed by atoms with van der Waals surface area (Å²) in [7, 11) is 0. The van der Waals surface area contributed by atoms with E-state index in [1.54, 1.807) is 18.2 Å². The second-order valence-electron chi connectivity index (χ2n) is 4.50. The van der Waals surface area contributed by atoms with E-state index in [1.165, 1.54) is 6.07 Å². The smallest absolute Gasteiger partial charge is 0.189 e. The van der Waals surface area contributed by atoms with Gasteiger partial charge in [0.1, 0.15) is 5.82 Å². The summed E-state index contributed by atoms with van der Waals surface area (Å²) < 4.78 is 13.5. The van der Waals surface area contributed by atoms with Crippen LogP contribution in [0.15, 0.2) is 48.5 Å². The lowest BCUT2D eigenvalue weighted by Gasteiger charge is -2.14. The van der Waals surface area contributed by atoms with E-state index in [0.717, 1.165) is 11.3 Å². The van der Waals surface area contributed by atoms with Gasteiger partial charge in [-0.1, -0.05) is 29.8 Å². The Kier molecular flexibility index (Phi) is 5.62. The lowest BCUT2D eigenvalue weighted by Crippen LogP contribution is -2.45. The molecule has 0 saturated carbocycles. The summed E-state index contributed by atoms with van der Waals surface area (Å²) in [6.07, 6.45) is 0. The Bertz CT molecular complexity index is 673. The molecule has 0 radical (unpaired) electrons. The van der Waals surface area contributed by atoms with Crippen molar-refractivity contribution in [2.45, 2.75) is 6.92 Å². The number of hydrazine groups is 1. The molecule has 114 valence electrons. The van der Waals surface area contributed by atoms with Crippen molar-refractivity contribution in [1.82, 2.24) is 10.9 Å². The zero-order valence-electron chi connectivity index (χ0n) is 11.8. The van der Waals surface area contributed by atoms with Gasteiger partial charge in [0, 0.05) is 5.69 Å². The maximum Gasteiger partial charge on any atom is 0.189 e. The first kappa shape index (κ1) is 16.1. The van der Waals surface area contributed by atoms with Crippen molar-refractivity contribution in [3.05, 3.63) is 59.9 Å². The molecule has 2 aromatic rings. The molecule has 4 nitrogen and oxygen atoms in total. The maximum atomic E-state index is 13.5. The number of rotatable bonds is 2. The number of aryl methyl sites for hydroxylation is 1. The van der Waals surface area contributed by atoms with E-state index in [-0.39, 0.29) is 10.9 Å². The van der Waals surface area contributed by atoms with E-state index in [1.807, 2.05) is 31.2 Å². The Morgan fingerprint density at radius 2 is 1.45 bits per heavy atom. The van der Waals surface area contributed by atoms with Crippen LogP contribution in [0.5, 0.6) is 0 Å². The molecule has 0 spiro atoms. The molecule has 0 atom stereocenters. The highest BCUT2D eigenvalue weighted by molar-refractivity contribution is 7.81. The topological polar surface area (TPSA) is 48.1 Å². The van der Waals surface area contributed by atoms with Crippen LogP contribution in [0.3, 0.4) is 0 Å². The van der Waals surface area contributed by atoms with Crippen molar-refractivity contribution in [3.8, 4) is 0 Å². The van der Waals surface area contributed by atoms with E-state index in [0.29, 0.717) is 10.8 Å². The Morgan fingerprint density at radius 1 is 0.864 bits per heavy atom. The van der Waals surface area contributed by atoms with Crippen molar-refractivity contribution in [2.24, 2.45) is 0 Å². The van der Waals surface area contributed by atoms with Crippen molar-refractivity contribution < 1.29 is 4.39 Å². The molecule has 0 saturated heterocycles. The van der Waals surface area contributed by atoms with Gasteiger partial charge in [-0.25, -0.2) is 4.39 Å². The molecule has 0 heterocycles. The van der Waals surface area contributed by atoms with E-state index in [2.05, 4.69) is 21.5 Å². The minimum atomic E-state index is -0.382. The zero-order valence-corrected chi connectivity index (χ0v) is 13.4. The van der Waals surface area contributed by atoms with Crippen molar-refractivity contribution >= 4 is 46.0 Å². The van der Waals surface area contributed by atoms with E-state index in [4.69, 9.17) is 24.4 Å². The number of benzene rings is 2. The molecule has 0 amide bonds. The number of hydrogen-bond donors (Lipinski definition) is 4. The quantitative estimate of drug-likeness (QED) is 0.499. The molecule has 2 rings (SSSR count). The van der Waals surface area contributed by atoms with Gasteiger partial charge in [0.15, 0.2) is 10.2 Å². The third-order valence-corrected chi connectivity index (χ3v) is 3.13. The molecule has 7 heteroatoms. The van der Waals surface area contributed by atoms with Gasteiger partial charge in [-0.05, 0) is 55.6 Å². The summed E-state index contributed by atoms with van der Waals surface area (Å²) >= 11 is 10.2. The monoisotopic (exact) mass is 334 g/mol. The van der Waals surface area contributed by atoms with E-state index < -0.39 is 0 Å². The van der Waals surface area contributed by atoms with Crippen molar-refractivity contribution in [1.29, 1.82) is 0 Å². The van der Waals surface area contributed by atoms with Gasteiger partial charge in [0.2, 0.25) is 0 Å². The largest absolute Gasteiger partial charge is 0.331 e. The molecular formula is C15H15FN4S2. The van der Waals surface area contributed by atoms with Crippen LogP contribution in [0.1, 0.15) is 5.56 Å². The van der Waals surface area contributed by atoms with Gasteiger partial charge in [0.25, 0.3) is 0 Å². The van der Waals surface area contributed by atoms with Crippen LogP contribution in [-0.4, -0.2) is 10.2 Å². The number of para-hydroxylation sites is 1. The van der Waals surface area contributed by atoms with Crippen LogP contribution in [-0.2, 0) is 0 Å². The van der Waals surface area contributed by atoms with E-state index >= 15 is 0 Å². The van der Waals surface area contributed by atoms with E-state index in [9.17, 15) is 4.39 Å². The Labute approximate surface area is 139 Å². The van der Waals surface area contributed by atoms with Crippen LogP contribution in [0.25, 0.3) is 0 Å². The normalized spacial score (nSPS) is 9.73. The second kappa shape index (κ2) is 7.67. The third-order valence-electron chi connectivity index (χ3n) is 2.72. The highest BCUT2D eigenvalue weighted by Crippen LogP contribution is 2.11. The van der Waals surface area contributed by atoms with Gasteiger partial charge in [-0.15, -0.1) is 0 Å². The van der Waals surface area contributed by atoms with Gasteiger partial charge >= 0.3 is 0 Å². The predicted molar refractivity (Wildman–Crippen MR) is 96.3 cm³/mol. The number of hydrogen-bond acceptors (Lipinski definition) is 2. The summed E-state index contributed by atoms with van der Waals surface area (Å²) in [5, 5.41) is 6.28. The van der Waals surface area contributed by atoms with Gasteiger partial charge < -0.3 is 10.6 Å². The summed E-state index contributed by atoms with van der Waals surface area (Å²) in [5.74, 6) is -0.382. The highest BCUT2D eigenvalue weighted by atomic mass is 32.1. The fraction of sp³-hybridized carbons (Fsp3) is 0.0667. The molecule has 0 unspecified atom stereocenters. The van der Waals surface area contributed by atoms with Crippen LogP contribution < -0.4 is 21.5 Å². The van der Waals surface area contributed by atoms with Gasteiger partial charge in [0.05, 0.1) is 5.69 Å². The lowest BCUT2D eigenvalue weighted by molar-refractivity contribution is 0.632. The molecule has 0 aliphatic carbocycles. The first-order chi connectivity index (χ1) is 10.5. The molecule has 0 bridgehead atoms. The first-order valence-electron chi connectivity index (χ1n) is 6.50. The summed E-state index contributed by atoms with van der Waals surface area (Å²) in [5.41, 5.74) is 7.73. The van der Waals surface area contributed by atoms with Gasteiger partial charge in [-0.3, -0.25) is 10.9 Å². The van der Waals surface area contributed by atoms with Crippen LogP contribution in [0.4, 0.5) is 15.8 Å². The molecule has 0 fully saturated rings. The Morgan fingerprint density at radius 3 is 2.09 bits per heavy atom. The number of anilines is 2. The Hall–Kier alpha value is -2.25. The Balaban J connectivity index is 1.79. The number of nitrogens with one attached hydrogen (secondary N) is 4. The summed E-state index contributed by atoms with van der Waals surface area (Å²) in [4.78, 5) is 0. The molecule has 0 aliphatic heterocycles. The molecule has 4 N–H and O–H groups in total. The summed E-state index contributed by atoms with van der Waals surface area (Å²) in [6.45, 7) is 2.01. The predicted octanol–water partition coefficient (Wildman–Crippen LogP) is 3.32. The first-order valence-corrected chi connectivity index (χ1v) is 7.31. The van der Waals surface area contributed by atoms with Crippen molar-refractivity contribution in [3.63, 3.8) is 0 Å². The second-order valence-corrected chi connectivity index (χ2v) is 5.32. The fourth-order valence-electron chi connectivity index (χ4n) is 1.63. The standard InChI is InChI=1S/C15H15FN4S2/c1-10-6-8-11(9-7-10)17-14(21)19-20-15(22)18-13-5-3-2-4-12(13)16/h2-9H,1H3,(H2,17,19,21)(H2,18,20,22). The van der Waals surface area contributed by atoms with Crippen molar-refractivity contribution in [2.75, 3.05) is 10.6 Å². The molecular weight excluding hydrogens is 319 g/mol. The minimum absolute atomic E-state index is 0.207. The SMILES string of the molecule is Cc1ccc(NC(=S)NNC(=S)Nc2ccccc2F)cc1.